The number of rotatable bonds is 1. The van der Waals surface area contributed by atoms with Crippen LogP contribution >= 0.6 is 0 Å². The van der Waals surface area contributed by atoms with Crippen LogP contribution in [0.5, 0.6) is 0 Å². The van der Waals surface area contributed by atoms with Gasteiger partial charge in [0.05, 0.1) is 22.8 Å². The lowest BCUT2D eigenvalue weighted by Gasteiger charge is -2.16. The van der Waals surface area contributed by atoms with Crippen molar-refractivity contribution in [3.63, 3.8) is 0 Å². The summed E-state index contributed by atoms with van der Waals surface area (Å²) >= 11 is 0. The molecule has 0 aliphatic carbocycles. The molecule has 0 aliphatic rings. The lowest BCUT2D eigenvalue weighted by atomic mass is 9.95. The Morgan fingerprint density at radius 3 is 1.96 bits per heavy atom. The van der Waals surface area contributed by atoms with Gasteiger partial charge in [-0.3, -0.25) is 0 Å². The van der Waals surface area contributed by atoms with E-state index in [1.54, 1.807) is 0 Å². The number of nitrogen functional groups attached to an aromatic ring is 1. The third-order valence-corrected chi connectivity index (χ3v) is 3.11. The predicted molar refractivity (Wildman–Crippen MR) is 71.0 cm³/mol. The normalized spacial score (nSPS) is 12.0. The first-order valence-electron chi connectivity index (χ1n) is 6.12. The highest BCUT2D eigenvalue weighted by molar-refractivity contribution is 5.72. The summed E-state index contributed by atoms with van der Waals surface area (Å²) in [5.74, 6) is 0. The Morgan fingerprint density at radius 2 is 1.43 bits per heavy atom. The summed E-state index contributed by atoms with van der Waals surface area (Å²) in [4.78, 5) is 0. The van der Waals surface area contributed by atoms with E-state index in [2.05, 4.69) is 0 Å². The van der Waals surface area contributed by atoms with Crippen molar-refractivity contribution in [2.24, 2.45) is 0 Å². The van der Waals surface area contributed by atoms with Gasteiger partial charge in [0, 0.05) is 5.69 Å². The maximum absolute atomic E-state index is 13.1. The van der Waals surface area contributed by atoms with Gasteiger partial charge in [0.1, 0.15) is 0 Å². The number of hydrogen-bond acceptors (Lipinski definition) is 2. The number of nitrogens with zero attached hydrogens (tertiary/aromatic N) is 1. The Kier molecular flexibility index (Phi) is 3.99. The van der Waals surface area contributed by atoms with E-state index in [0.29, 0.717) is 12.1 Å². The van der Waals surface area contributed by atoms with E-state index in [1.165, 1.54) is 6.07 Å². The third kappa shape index (κ3) is 3.39. The van der Waals surface area contributed by atoms with Crippen LogP contribution in [-0.4, -0.2) is 0 Å². The molecule has 0 fully saturated rings. The molecule has 0 unspecified atom stereocenters. The van der Waals surface area contributed by atoms with Crippen molar-refractivity contribution in [2.45, 2.75) is 12.4 Å². The molecule has 0 radical (unpaired) electrons. The predicted octanol–water partition coefficient (Wildman–Crippen LogP) is 4.85. The second-order valence-electron chi connectivity index (χ2n) is 4.67. The zero-order chi connectivity index (χ0) is 17.4. The van der Waals surface area contributed by atoms with E-state index in [1.807, 2.05) is 0 Å². The highest BCUT2D eigenvalue weighted by atomic mass is 19.4. The highest BCUT2D eigenvalue weighted by Gasteiger charge is 2.36. The molecule has 0 saturated heterocycles. The summed E-state index contributed by atoms with van der Waals surface area (Å²) in [6, 6.07) is 6.59. The minimum atomic E-state index is -4.85. The van der Waals surface area contributed by atoms with Crippen molar-refractivity contribution in [2.75, 3.05) is 5.73 Å². The fourth-order valence-electron chi connectivity index (χ4n) is 2.09. The van der Waals surface area contributed by atoms with E-state index in [4.69, 9.17) is 11.0 Å². The maximum Gasteiger partial charge on any atom is 0.417 e. The minimum absolute atomic E-state index is 0.161. The molecule has 2 aromatic rings. The van der Waals surface area contributed by atoms with Gasteiger partial charge in [-0.2, -0.15) is 31.6 Å². The number of nitriles is 1. The number of hydrogen-bond donors (Lipinski definition) is 1. The van der Waals surface area contributed by atoms with Crippen LogP contribution in [0.4, 0.5) is 32.0 Å². The zero-order valence-corrected chi connectivity index (χ0v) is 11.3. The molecule has 0 aliphatic heterocycles. The van der Waals surface area contributed by atoms with Gasteiger partial charge in [-0.1, -0.05) is 12.1 Å². The van der Waals surface area contributed by atoms with Crippen molar-refractivity contribution in [3.8, 4) is 17.2 Å². The molecule has 23 heavy (non-hydrogen) atoms. The molecule has 0 heterocycles. The number of alkyl halides is 6. The Labute approximate surface area is 126 Å². The number of nitrogens with two attached hydrogens (primary N) is 1. The molecule has 0 bridgehead atoms. The second-order valence-corrected chi connectivity index (χ2v) is 4.67. The summed E-state index contributed by atoms with van der Waals surface area (Å²) in [6.45, 7) is 0. The smallest absolute Gasteiger partial charge is 0.399 e. The van der Waals surface area contributed by atoms with Crippen LogP contribution in [-0.2, 0) is 12.4 Å². The summed E-state index contributed by atoms with van der Waals surface area (Å²) < 4.78 is 78.0. The van der Waals surface area contributed by atoms with E-state index < -0.39 is 34.6 Å². The number of halogens is 6. The van der Waals surface area contributed by atoms with Crippen molar-refractivity contribution in [1.82, 2.24) is 0 Å². The molecule has 0 saturated carbocycles. The zero-order valence-electron chi connectivity index (χ0n) is 11.3. The van der Waals surface area contributed by atoms with Gasteiger partial charge in [-0.05, 0) is 35.4 Å². The average Bonchev–Trinajstić information content (AvgIpc) is 2.44. The van der Waals surface area contributed by atoms with Gasteiger partial charge in [0.2, 0.25) is 0 Å². The van der Waals surface area contributed by atoms with Crippen LogP contribution < -0.4 is 5.73 Å². The van der Waals surface area contributed by atoms with Crippen molar-refractivity contribution in [1.29, 1.82) is 5.26 Å². The summed E-state index contributed by atoms with van der Waals surface area (Å²) in [7, 11) is 0. The first-order valence-corrected chi connectivity index (χ1v) is 6.12. The Bertz CT molecular complexity index is 784. The standard InChI is InChI=1S/C15H8F6N2/c16-14(17,18)12-5-8(1-2-9(12)7-22)11-4-3-10(23)6-13(11)15(19,20)21/h1-6H,23H2. The minimum Gasteiger partial charge on any atom is -0.399 e. The van der Waals surface area contributed by atoms with Crippen molar-refractivity contribution < 1.29 is 26.3 Å². The quantitative estimate of drug-likeness (QED) is 0.600. The Balaban J connectivity index is 2.72. The van der Waals surface area contributed by atoms with Crippen molar-refractivity contribution >= 4 is 5.69 Å². The molecule has 0 spiro atoms. The lowest BCUT2D eigenvalue weighted by Crippen LogP contribution is -2.10. The molecule has 0 aromatic heterocycles. The summed E-state index contributed by atoms with van der Waals surface area (Å²) in [5, 5.41) is 8.72. The van der Waals surface area contributed by atoms with Gasteiger partial charge in [-0.25, -0.2) is 0 Å². The summed E-state index contributed by atoms with van der Waals surface area (Å²) in [5.41, 5.74) is 1.32. The monoisotopic (exact) mass is 330 g/mol. The molecule has 2 nitrogen and oxygen atoms in total. The topological polar surface area (TPSA) is 49.8 Å². The van der Waals surface area contributed by atoms with E-state index in [0.717, 1.165) is 24.3 Å². The van der Waals surface area contributed by atoms with Crippen LogP contribution in [0.15, 0.2) is 36.4 Å². The molecular formula is C15H8F6N2. The first-order chi connectivity index (χ1) is 10.5. The van der Waals surface area contributed by atoms with Crippen LogP contribution in [0.3, 0.4) is 0 Å². The molecule has 2 rings (SSSR count). The molecule has 2 aromatic carbocycles. The Hall–Kier alpha value is -2.69. The molecule has 2 N–H and O–H groups in total. The third-order valence-electron chi connectivity index (χ3n) is 3.11. The van der Waals surface area contributed by atoms with Crippen LogP contribution in [0, 0.1) is 11.3 Å². The largest absolute Gasteiger partial charge is 0.417 e. The Morgan fingerprint density at radius 1 is 0.826 bits per heavy atom. The van der Waals surface area contributed by atoms with Crippen LogP contribution in [0.2, 0.25) is 0 Å². The van der Waals surface area contributed by atoms with Gasteiger partial charge in [-0.15, -0.1) is 0 Å². The molecule has 0 atom stereocenters. The average molecular weight is 330 g/mol. The van der Waals surface area contributed by atoms with Crippen LogP contribution in [0.25, 0.3) is 11.1 Å². The van der Waals surface area contributed by atoms with E-state index in [-0.39, 0.29) is 11.3 Å². The maximum atomic E-state index is 13.1. The molecule has 120 valence electrons. The van der Waals surface area contributed by atoms with Gasteiger partial charge >= 0.3 is 12.4 Å². The molecular weight excluding hydrogens is 322 g/mol. The number of benzene rings is 2. The fourth-order valence-corrected chi connectivity index (χ4v) is 2.09. The highest BCUT2D eigenvalue weighted by Crippen LogP contribution is 2.40. The second kappa shape index (κ2) is 5.50. The molecule has 0 amide bonds. The van der Waals surface area contributed by atoms with Gasteiger partial charge < -0.3 is 5.73 Å². The lowest BCUT2D eigenvalue weighted by molar-refractivity contribution is -0.138. The van der Waals surface area contributed by atoms with Crippen LogP contribution in [0.1, 0.15) is 16.7 Å². The van der Waals surface area contributed by atoms with Crippen molar-refractivity contribution in [3.05, 3.63) is 53.1 Å². The fraction of sp³-hybridized carbons (Fsp3) is 0.133. The van der Waals surface area contributed by atoms with Gasteiger partial charge in [0.25, 0.3) is 0 Å². The van der Waals surface area contributed by atoms with E-state index in [9.17, 15) is 26.3 Å². The first kappa shape index (κ1) is 16.7. The van der Waals surface area contributed by atoms with Gasteiger partial charge in [0.15, 0.2) is 0 Å². The molecule has 8 heteroatoms. The summed E-state index contributed by atoms with van der Waals surface area (Å²) in [6.07, 6.45) is -9.63. The SMILES string of the molecule is N#Cc1ccc(-c2ccc(N)cc2C(F)(F)F)cc1C(F)(F)F. The number of anilines is 1. The van der Waals surface area contributed by atoms with E-state index >= 15 is 0 Å².